The van der Waals surface area contributed by atoms with Gasteiger partial charge in [0, 0.05) is 25.7 Å². The number of carbonyl (C=O) groups excluding carboxylic acids is 1. The highest BCUT2D eigenvalue weighted by atomic mass is 32.2. The van der Waals surface area contributed by atoms with Gasteiger partial charge in [-0.25, -0.2) is 17.4 Å². The van der Waals surface area contributed by atoms with Crippen LogP contribution in [0.2, 0.25) is 0 Å². The number of aliphatic hydroxyl groups is 1. The maximum absolute atomic E-state index is 13.5. The number of aromatic nitrogens is 2. The van der Waals surface area contributed by atoms with Crippen molar-refractivity contribution >= 4 is 15.9 Å². The molecule has 1 saturated heterocycles. The van der Waals surface area contributed by atoms with E-state index in [1.165, 1.54) is 6.26 Å². The Kier molecular flexibility index (Phi) is 7.15. The number of ether oxygens (including phenoxy) is 1. The Bertz CT molecular complexity index is 1050. The van der Waals surface area contributed by atoms with E-state index in [1.54, 1.807) is 15.2 Å². The van der Waals surface area contributed by atoms with Gasteiger partial charge in [-0.2, -0.15) is 5.10 Å². The lowest BCUT2D eigenvalue weighted by molar-refractivity contribution is -0.136. The van der Waals surface area contributed by atoms with E-state index in [4.69, 9.17) is 4.74 Å². The zero-order chi connectivity index (χ0) is 25.7. The van der Waals surface area contributed by atoms with Crippen LogP contribution in [0.4, 0.5) is 0 Å². The van der Waals surface area contributed by atoms with Gasteiger partial charge in [0.25, 0.3) is 5.91 Å². The van der Waals surface area contributed by atoms with Gasteiger partial charge >= 0.3 is 0 Å². The van der Waals surface area contributed by atoms with Crippen LogP contribution < -0.4 is 10.1 Å². The first-order chi connectivity index (χ1) is 17.0. The van der Waals surface area contributed by atoms with Crippen molar-refractivity contribution in [2.24, 2.45) is 29.6 Å². The predicted molar refractivity (Wildman–Crippen MR) is 136 cm³/mol. The van der Waals surface area contributed by atoms with Crippen molar-refractivity contribution in [2.45, 2.75) is 83.4 Å². The quantitative estimate of drug-likeness (QED) is 0.516. The summed E-state index contributed by atoms with van der Waals surface area (Å²) in [5.41, 5.74) is -0.0407. The van der Waals surface area contributed by atoms with Crippen LogP contribution in [0, 0.1) is 29.6 Å². The van der Waals surface area contributed by atoms with Gasteiger partial charge in [0.2, 0.25) is 15.9 Å². The normalized spacial score (nSPS) is 32.8. The summed E-state index contributed by atoms with van der Waals surface area (Å²) in [5.74, 6) is 2.41. The van der Waals surface area contributed by atoms with Gasteiger partial charge in [0.05, 0.1) is 24.7 Å². The molecule has 6 rings (SSSR count). The van der Waals surface area contributed by atoms with E-state index in [0.29, 0.717) is 67.3 Å². The number of aryl methyl sites for hydroxylation is 1. The highest BCUT2D eigenvalue weighted by Gasteiger charge is 2.55. The van der Waals surface area contributed by atoms with Crippen LogP contribution in [0.15, 0.2) is 6.20 Å². The standard InChI is InChI=1S/C26H42N4O5S/c1-17(2)16-35-25-22(15-27-30(25)9-6-18-4-7-29(8-5-18)36(3,33)34)24(31)28-23-20-10-19-11-21(23)14-26(32,12-19)13-20/h15,17-21,23,32H,4-14,16H2,1-3H3,(H,28,31)/t19?,20?,21?,23-,26-. The molecule has 10 heteroatoms. The van der Waals surface area contributed by atoms with Gasteiger partial charge in [0.1, 0.15) is 5.56 Å². The first kappa shape index (κ1) is 26.0. The molecule has 1 aromatic rings. The zero-order valence-electron chi connectivity index (χ0n) is 21.9. The molecule has 2 heterocycles. The van der Waals surface area contributed by atoms with Gasteiger partial charge < -0.3 is 15.2 Å². The second-order valence-corrected chi connectivity index (χ2v) is 14.4. The van der Waals surface area contributed by atoms with Gasteiger partial charge in [-0.15, -0.1) is 0 Å². The summed E-state index contributed by atoms with van der Waals surface area (Å²) >= 11 is 0. The fourth-order valence-electron chi connectivity index (χ4n) is 7.37. The Morgan fingerprint density at radius 2 is 1.89 bits per heavy atom. The van der Waals surface area contributed by atoms with Crippen molar-refractivity contribution in [2.75, 3.05) is 26.0 Å². The van der Waals surface area contributed by atoms with Crippen LogP contribution >= 0.6 is 0 Å². The third-order valence-electron chi connectivity index (χ3n) is 8.92. The number of hydrogen-bond donors (Lipinski definition) is 2. The molecule has 9 nitrogen and oxygen atoms in total. The summed E-state index contributed by atoms with van der Waals surface area (Å²) in [5, 5.41) is 18.7. The third kappa shape index (κ3) is 5.45. The van der Waals surface area contributed by atoms with Crippen LogP contribution in [0.5, 0.6) is 5.88 Å². The Morgan fingerprint density at radius 3 is 2.47 bits per heavy atom. The minimum absolute atomic E-state index is 0.107. The number of rotatable bonds is 9. The molecule has 1 aliphatic heterocycles. The van der Waals surface area contributed by atoms with Gasteiger partial charge in [-0.05, 0) is 81.0 Å². The molecule has 4 saturated carbocycles. The molecule has 5 fully saturated rings. The third-order valence-corrected chi connectivity index (χ3v) is 10.2. The Morgan fingerprint density at radius 1 is 1.22 bits per heavy atom. The molecule has 0 aromatic carbocycles. The average Bonchev–Trinajstić information content (AvgIpc) is 3.20. The van der Waals surface area contributed by atoms with Crippen LogP contribution in [0.25, 0.3) is 0 Å². The van der Waals surface area contributed by atoms with E-state index in [-0.39, 0.29) is 11.9 Å². The summed E-state index contributed by atoms with van der Waals surface area (Å²) in [6.45, 7) is 6.42. The van der Waals surface area contributed by atoms with Crippen molar-refractivity contribution in [3.63, 3.8) is 0 Å². The topological polar surface area (TPSA) is 114 Å². The molecule has 2 unspecified atom stereocenters. The molecule has 2 N–H and O–H groups in total. The molecule has 0 radical (unpaired) electrons. The number of nitrogens with one attached hydrogen (secondary N) is 1. The number of hydrogen-bond acceptors (Lipinski definition) is 6. The summed E-state index contributed by atoms with van der Waals surface area (Å²) in [7, 11) is -3.13. The van der Waals surface area contributed by atoms with Gasteiger partial charge in [0.15, 0.2) is 0 Å². The van der Waals surface area contributed by atoms with E-state index in [0.717, 1.165) is 51.4 Å². The first-order valence-corrected chi connectivity index (χ1v) is 15.5. The lowest BCUT2D eigenvalue weighted by Gasteiger charge is -2.58. The number of sulfonamides is 1. The van der Waals surface area contributed by atoms with Crippen LogP contribution in [0.3, 0.4) is 0 Å². The second-order valence-electron chi connectivity index (χ2n) is 12.4. The molecule has 1 aromatic heterocycles. The maximum Gasteiger partial charge on any atom is 0.258 e. The molecule has 0 spiro atoms. The van der Waals surface area contributed by atoms with E-state index < -0.39 is 15.6 Å². The summed E-state index contributed by atoms with van der Waals surface area (Å²) in [6, 6.07) is 0.107. The molecule has 1 amide bonds. The summed E-state index contributed by atoms with van der Waals surface area (Å²) < 4.78 is 33.1. The maximum atomic E-state index is 13.5. The molecule has 4 aliphatic carbocycles. The summed E-state index contributed by atoms with van der Waals surface area (Å²) in [4.78, 5) is 13.5. The number of amides is 1. The first-order valence-electron chi connectivity index (χ1n) is 13.7. The van der Waals surface area contributed by atoms with Gasteiger partial charge in [-0.1, -0.05) is 13.8 Å². The zero-order valence-corrected chi connectivity index (χ0v) is 22.7. The average molecular weight is 523 g/mol. The van der Waals surface area contributed by atoms with Crippen molar-refractivity contribution < 1.29 is 23.1 Å². The predicted octanol–water partition coefficient (Wildman–Crippen LogP) is 2.65. The Labute approximate surface area is 215 Å². The van der Waals surface area contributed by atoms with Gasteiger partial charge in [-0.3, -0.25) is 4.79 Å². The van der Waals surface area contributed by atoms with E-state index >= 15 is 0 Å². The number of nitrogens with zero attached hydrogens (tertiary/aromatic N) is 3. The fourth-order valence-corrected chi connectivity index (χ4v) is 8.24. The highest BCUT2D eigenvalue weighted by Crippen LogP contribution is 2.55. The molecule has 5 aliphatic rings. The fraction of sp³-hybridized carbons (Fsp3) is 0.846. The lowest BCUT2D eigenvalue weighted by Crippen LogP contribution is -2.61. The largest absolute Gasteiger partial charge is 0.477 e. The van der Waals surface area contributed by atoms with E-state index in [2.05, 4.69) is 24.3 Å². The van der Waals surface area contributed by atoms with Crippen molar-refractivity contribution in [1.29, 1.82) is 0 Å². The molecule has 36 heavy (non-hydrogen) atoms. The lowest BCUT2D eigenvalue weighted by atomic mass is 9.52. The Hall–Kier alpha value is -1.65. The van der Waals surface area contributed by atoms with Crippen molar-refractivity contribution in [3.8, 4) is 5.88 Å². The van der Waals surface area contributed by atoms with Crippen LogP contribution in [0.1, 0.15) is 75.6 Å². The minimum atomic E-state index is -3.13. The molecular weight excluding hydrogens is 480 g/mol. The van der Waals surface area contributed by atoms with Crippen LogP contribution in [-0.2, 0) is 16.6 Å². The minimum Gasteiger partial charge on any atom is -0.477 e. The van der Waals surface area contributed by atoms with Crippen molar-refractivity contribution in [3.05, 3.63) is 11.8 Å². The smallest absolute Gasteiger partial charge is 0.258 e. The van der Waals surface area contributed by atoms with Crippen molar-refractivity contribution in [1.82, 2.24) is 19.4 Å². The van der Waals surface area contributed by atoms with E-state index in [9.17, 15) is 18.3 Å². The highest BCUT2D eigenvalue weighted by molar-refractivity contribution is 7.88. The Balaban J connectivity index is 1.24. The molecule has 202 valence electrons. The number of piperidine rings is 1. The monoisotopic (exact) mass is 522 g/mol. The van der Waals surface area contributed by atoms with Crippen LogP contribution in [-0.4, -0.2) is 71.1 Å². The SMILES string of the molecule is CC(C)COc1c(C(=O)N[C@H]2C3CC4CC2C[C@](O)(C4)C3)cnn1CCC1CCN(S(C)(=O)=O)CC1. The molecule has 4 bridgehead atoms. The molecule has 2 atom stereocenters. The second kappa shape index (κ2) is 9.91. The summed E-state index contributed by atoms with van der Waals surface area (Å²) in [6.07, 6.45) is 10.1. The van der Waals surface area contributed by atoms with E-state index in [1.807, 2.05) is 0 Å². The number of carbonyl (C=O) groups is 1. The molecular formula is C26H42N4O5S.